The van der Waals surface area contributed by atoms with Crippen molar-refractivity contribution < 1.29 is 32.6 Å². The number of rotatable bonds is 8. The number of amides is 1. The molecular weight excluding hydrogens is 552 g/mol. The second kappa shape index (κ2) is 11.3. The lowest BCUT2D eigenvalue weighted by Crippen LogP contribution is -2.56. The van der Waals surface area contributed by atoms with Crippen LogP contribution in [0, 0.1) is 28.4 Å². The standard InChI is InChI=1S/C28H23F2N7O5/c1-27(25(39)40-13-11-31)14-41-28(23(32)38,42-15-27)24-36-21(16-2-4-17(29)5-3-16)22(37-24)20-10-12-33-26(35-20)34-19-8-6-18(30)7-9-19/h2-10,12H,13-15H2,1H3,(H2,32,38)(H,36,37)(H,33,34,35). The highest BCUT2D eigenvalue weighted by molar-refractivity contribution is 5.85. The van der Waals surface area contributed by atoms with Gasteiger partial charge in [-0.1, -0.05) is 0 Å². The number of nitrogens with two attached hydrogens (primary N) is 1. The zero-order valence-corrected chi connectivity index (χ0v) is 22.1. The summed E-state index contributed by atoms with van der Waals surface area (Å²) in [4.78, 5) is 41.6. The molecule has 1 amide bonds. The van der Waals surface area contributed by atoms with Gasteiger partial charge in [0.15, 0.2) is 12.4 Å². The van der Waals surface area contributed by atoms with E-state index in [0.29, 0.717) is 16.9 Å². The smallest absolute Gasteiger partial charge is 0.317 e. The number of nitrogens with one attached hydrogen (secondary N) is 2. The van der Waals surface area contributed by atoms with Gasteiger partial charge in [-0.15, -0.1) is 0 Å². The van der Waals surface area contributed by atoms with Gasteiger partial charge in [0.05, 0.1) is 30.3 Å². The highest BCUT2D eigenvalue weighted by Gasteiger charge is 2.54. The highest BCUT2D eigenvalue weighted by atomic mass is 19.1. The van der Waals surface area contributed by atoms with Crippen LogP contribution in [0.5, 0.6) is 0 Å². The Balaban J connectivity index is 1.54. The first-order valence-electron chi connectivity index (χ1n) is 12.5. The van der Waals surface area contributed by atoms with Gasteiger partial charge in [-0.3, -0.25) is 9.59 Å². The van der Waals surface area contributed by atoms with Gasteiger partial charge in [-0.25, -0.2) is 23.7 Å². The van der Waals surface area contributed by atoms with Crippen molar-refractivity contribution in [3.63, 3.8) is 0 Å². The molecule has 14 heteroatoms. The Morgan fingerprint density at radius 3 is 2.33 bits per heavy atom. The Kier molecular flexibility index (Phi) is 7.62. The van der Waals surface area contributed by atoms with Gasteiger partial charge in [-0.05, 0) is 61.5 Å². The van der Waals surface area contributed by atoms with Crippen molar-refractivity contribution in [2.24, 2.45) is 11.1 Å². The molecule has 1 aliphatic heterocycles. The summed E-state index contributed by atoms with van der Waals surface area (Å²) in [7, 11) is 0. The Morgan fingerprint density at radius 1 is 1.07 bits per heavy atom. The number of H-pyrrole nitrogens is 1. The van der Waals surface area contributed by atoms with Gasteiger partial charge in [0.25, 0.3) is 5.91 Å². The van der Waals surface area contributed by atoms with Crippen molar-refractivity contribution >= 4 is 23.5 Å². The number of anilines is 2. The summed E-state index contributed by atoms with van der Waals surface area (Å²) in [6.07, 6.45) is 1.47. The van der Waals surface area contributed by atoms with Crippen LogP contribution < -0.4 is 11.1 Å². The topological polar surface area (TPSA) is 178 Å². The molecule has 0 atom stereocenters. The second-order valence-electron chi connectivity index (χ2n) is 9.57. The van der Waals surface area contributed by atoms with Gasteiger partial charge in [0.1, 0.15) is 23.1 Å². The molecule has 3 heterocycles. The van der Waals surface area contributed by atoms with Crippen LogP contribution >= 0.6 is 0 Å². The molecule has 4 aromatic rings. The molecule has 12 nitrogen and oxygen atoms in total. The molecule has 1 saturated heterocycles. The normalized spacial score (nSPS) is 20.0. The number of nitrogens with zero attached hydrogens (tertiary/aromatic N) is 4. The summed E-state index contributed by atoms with van der Waals surface area (Å²) in [5.74, 6) is -4.90. The van der Waals surface area contributed by atoms with E-state index in [2.05, 4.69) is 25.3 Å². The molecule has 4 N–H and O–H groups in total. The zero-order valence-electron chi connectivity index (χ0n) is 22.1. The third-order valence-electron chi connectivity index (χ3n) is 6.42. The average Bonchev–Trinajstić information content (AvgIpc) is 3.44. The summed E-state index contributed by atoms with van der Waals surface area (Å²) in [6.45, 7) is 0.337. The van der Waals surface area contributed by atoms with E-state index in [1.807, 2.05) is 0 Å². The molecule has 5 rings (SSSR count). The first-order valence-corrected chi connectivity index (χ1v) is 12.5. The van der Waals surface area contributed by atoms with E-state index in [4.69, 9.17) is 25.2 Å². The largest absolute Gasteiger partial charge is 0.450 e. The number of carbonyl (C=O) groups excluding carboxylic acids is 2. The number of aromatic amines is 1. The fourth-order valence-electron chi connectivity index (χ4n) is 4.14. The number of carbonyl (C=O) groups is 2. The zero-order chi connectivity index (χ0) is 29.9. The molecule has 1 fully saturated rings. The summed E-state index contributed by atoms with van der Waals surface area (Å²) < 4.78 is 43.6. The quantitative estimate of drug-likeness (QED) is 0.264. The van der Waals surface area contributed by atoms with Gasteiger partial charge >= 0.3 is 11.8 Å². The van der Waals surface area contributed by atoms with Crippen molar-refractivity contribution in [1.29, 1.82) is 5.26 Å². The van der Waals surface area contributed by atoms with Crippen molar-refractivity contribution in [3.05, 3.63) is 78.3 Å². The molecule has 2 aromatic carbocycles. The summed E-state index contributed by atoms with van der Waals surface area (Å²) in [6, 6.07) is 14.3. The van der Waals surface area contributed by atoms with Gasteiger partial charge in [0.2, 0.25) is 5.95 Å². The highest BCUT2D eigenvalue weighted by Crippen LogP contribution is 2.39. The molecule has 0 radical (unpaired) electrons. The molecule has 0 bridgehead atoms. The SMILES string of the molecule is CC1(C(=O)OCC#N)COC(C(N)=O)(c2nc(-c3ccc(F)cc3)c(-c3ccnc(Nc4ccc(F)cc4)n3)[nH]2)OC1. The number of imidazole rings is 1. The minimum absolute atomic E-state index is 0.150. The molecule has 0 unspecified atom stereocenters. The van der Waals surface area contributed by atoms with Gasteiger partial charge < -0.3 is 30.2 Å². The predicted octanol–water partition coefficient (Wildman–Crippen LogP) is 3.31. The summed E-state index contributed by atoms with van der Waals surface area (Å²) in [5.41, 5.74) is 6.25. The Morgan fingerprint density at radius 2 is 1.71 bits per heavy atom. The molecular formula is C28H23F2N7O5. The third kappa shape index (κ3) is 5.51. The Bertz CT molecular complexity index is 1660. The van der Waals surface area contributed by atoms with Crippen LogP contribution in [-0.2, 0) is 29.6 Å². The van der Waals surface area contributed by atoms with Gasteiger partial charge in [0, 0.05) is 17.4 Å². The minimum Gasteiger partial charge on any atom is -0.450 e. The number of ether oxygens (including phenoxy) is 3. The number of halogens is 2. The van der Waals surface area contributed by atoms with Crippen LogP contribution in [0.2, 0.25) is 0 Å². The van der Waals surface area contributed by atoms with E-state index in [9.17, 15) is 18.4 Å². The van der Waals surface area contributed by atoms with Crippen LogP contribution in [0.4, 0.5) is 20.4 Å². The van der Waals surface area contributed by atoms with Crippen LogP contribution in [-0.4, -0.2) is 51.6 Å². The minimum atomic E-state index is -2.23. The maximum absolute atomic E-state index is 13.8. The number of primary amides is 1. The van der Waals surface area contributed by atoms with Crippen molar-refractivity contribution in [1.82, 2.24) is 19.9 Å². The molecule has 42 heavy (non-hydrogen) atoms. The fourth-order valence-corrected chi connectivity index (χ4v) is 4.14. The van der Waals surface area contributed by atoms with E-state index in [0.717, 1.165) is 0 Å². The molecule has 0 aliphatic carbocycles. The number of esters is 1. The van der Waals surface area contributed by atoms with Gasteiger partial charge in [-0.2, -0.15) is 5.26 Å². The molecule has 0 spiro atoms. The second-order valence-corrected chi connectivity index (χ2v) is 9.57. The first kappa shape index (κ1) is 28.3. The Hall–Kier alpha value is -5.26. The monoisotopic (exact) mass is 575 g/mol. The van der Waals surface area contributed by atoms with Crippen molar-refractivity contribution in [3.8, 4) is 28.7 Å². The van der Waals surface area contributed by atoms with E-state index in [1.54, 1.807) is 12.1 Å². The first-order chi connectivity index (χ1) is 20.1. The maximum atomic E-state index is 13.8. The van der Waals surface area contributed by atoms with Crippen LogP contribution in [0.1, 0.15) is 12.7 Å². The number of hydrogen-bond acceptors (Lipinski definition) is 10. The summed E-state index contributed by atoms with van der Waals surface area (Å²) >= 11 is 0. The van der Waals surface area contributed by atoms with E-state index < -0.39 is 41.3 Å². The van der Waals surface area contributed by atoms with E-state index >= 15 is 0 Å². The van der Waals surface area contributed by atoms with Crippen molar-refractivity contribution in [2.45, 2.75) is 12.7 Å². The average molecular weight is 576 g/mol. The number of nitriles is 1. The summed E-state index contributed by atoms with van der Waals surface area (Å²) in [5, 5.41) is 11.7. The maximum Gasteiger partial charge on any atom is 0.317 e. The lowest BCUT2D eigenvalue weighted by Gasteiger charge is -2.40. The Labute approximate surface area is 237 Å². The predicted molar refractivity (Wildman–Crippen MR) is 142 cm³/mol. The fraction of sp³-hybridized carbons (Fsp3) is 0.214. The molecule has 214 valence electrons. The lowest BCUT2D eigenvalue weighted by atomic mass is 9.91. The third-order valence-corrected chi connectivity index (χ3v) is 6.42. The van der Waals surface area contributed by atoms with Crippen molar-refractivity contribution in [2.75, 3.05) is 25.1 Å². The van der Waals surface area contributed by atoms with Crippen LogP contribution in [0.25, 0.3) is 22.6 Å². The number of hydrogen-bond donors (Lipinski definition) is 3. The van der Waals surface area contributed by atoms with E-state index in [1.165, 1.54) is 61.7 Å². The molecule has 2 aromatic heterocycles. The molecule has 0 saturated carbocycles. The molecule has 1 aliphatic rings. The van der Waals surface area contributed by atoms with Crippen LogP contribution in [0.3, 0.4) is 0 Å². The van der Waals surface area contributed by atoms with E-state index in [-0.39, 0.29) is 36.4 Å². The number of aromatic nitrogens is 4. The van der Waals surface area contributed by atoms with Crippen LogP contribution in [0.15, 0.2) is 60.8 Å². The number of benzene rings is 2. The lowest BCUT2D eigenvalue weighted by molar-refractivity contribution is -0.293.